The number of aromatic nitrogens is 2. The summed E-state index contributed by atoms with van der Waals surface area (Å²) >= 11 is 0. The summed E-state index contributed by atoms with van der Waals surface area (Å²) in [7, 11) is 1.53. The quantitative estimate of drug-likeness (QED) is 0.804. The Labute approximate surface area is 171 Å². The van der Waals surface area contributed by atoms with Gasteiger partial charge in [-0.15, -0.1) is 0 Å². The van der Waals surface area contributed by atoms with Crippen LogP contribution in [0.2, 0.25) is 0 Å². The third kappa shape index (κ3) is 4.39. The number of nitrogens with one attached hydrogen (secondary N) is 2. The number of piperidine rings is 1. The van der Waals surface area contributed by atoms with Crippen molar-refractivity contribution in [1.82, 2.24) is 20.2 Å². The van der Waals surface area contributed by atoms with Gasteiger partial charge in [0.15, 0.2) is 5.82 Å². The highest BCUT2D eigenvalue weighted by Gasteiger charge is 2.41. The van der Waals surface area contributed by atoms with Crippen molar-refractivity contribution in [3.8, 4) is 5.75 Å². The molecule has 0 aliphatic carbocycles. The maximum absolute atomic E-state index is 14.2. The second kappa shape index (κ2) is 7.59. The van der Waals surface area contributed by atoms with Crippen LogP contribution >= 0.6 is 0 Å². The minimum atomic E-state index is -0.360. The smallest absolute Gasteiger partial charge is 0.234 e. The van der Waals surface area contributed by atoms with E-state index in [2.05, 4.69) is 20.2 Å². The number of aromatic amines is 1. The molecule has 158 valence electrons. The first-order valence-corrected chi connectivity index (χ1v) is 10.5. The van der Waals surface area contributed by atoms with E-state index >= 15 is 0 Å². The highest BCUT2D eigenvalue weighted by Crippen LogP contribution is 2.39. The highest BCUT2D eigenvalue weighted by molar-refractivity contribution is 5.79. The highest BCUT2D eigenvalue weighted by atomic mass is 19.1. The molecule has 2 atom stereocenters. The lowest BCUT2D eigenvalue weighted by molar-refractivity contribution is -0.125. The number of hydrogen-bond donors (Lipinski definition) is 2. The minimum Gasteiger partial charge on any atom is -0.497 e. The topological polar surface area (TPSA) is 70.2 Å². The molecule has 1 amide bonds. The Balaban J connectivity index is 1.41. The van der Waals surface area contributed by atoms with Gasteiger partial charge in [-0.1, -0.05) is 0 Å². The lowest BCUT2D eigenvalue weighted by atomic mass is 9.88. The Bertz CT molecular complexity index is 890. The second-order valence-electron chi connectivity index (χ2n) is 9.59. The number of benzene rings is 1. The second-order valence-corrected chi connectivity index (χ2v) is 9.59. The predicted molar refractivity (Wildman–Crippen MR) is 110 cm³/mol. The standard InChI is InChI=1S/C22H31FN4O2/c1-22(2,3)26-20(28)12-27-14-5-6-15(27)8-13(7-14)9-19-24-18-11-16(29-4)10-17(23)21(18)25-19/h10-11,13-15H,5-9,12H2,1-4H3,(H,24,25)(H,26,28). The molecule has 1 aromatic heterocycles. The zero-order valence-electron chi connectivity index (χ0n) is 17.7. The average Bonchev–Trinajstić information content (AvgIpc) is 3.11. The number of H-pyrrole nitrogens is 1. The van der Waals surface area contributed by atoms with Gasteiger partial charge in [0.1, 0.15) is 17.1 Å². The number of ether oxygens (including phenoxy) is 1. The molecule has 0 radical (unpaired) electrons. The molecule has 0 saturated carbocycles. The summed E-state index contributed by atoms with van der Waals surface area (Å²) in [6.07, 6.45) is 5.22. The van der Waals surface area contributed by atoms with Crippen molar-refractivity contribution in [3.05, 3.63) is 23.8 Å². The van der Waals surface area contributed by atoms with E-state index < -0.39 is 0 Å². The minimum absolute atomic E-state index is 0.106. The van der Waals surface area contributed by atoms with E-state index in [0.29, 0.717) is 41.3 Å². The third-order valence-corrected chi connectivity index (χ3v) is 6.10. The van der Waals surface area contributed by atoms with Crippen molar-refractivity contribution in [3.63, 3.8) is 0 Å². The number of fused-ring (bicyclic) bond motifs is 3. The van der Waals surface area contributed by atoms with Gasteiger partial charge in [-0.05, 0) is 52.4 Å². The molecular formula is C22H31FN4O2. The van der Waals surface area contributed by atoms with Crippen LogP contribution in [-0.4, -0.2) is 52.1 Å². The van der Waals surface area contributed by atoms with Gasteiger partial charge in [0.2, 0.25) is 5.91 Å². The van der Waals surface area contributed by atoms with Crippen molar-refractivity contribution >= 4 is 16.9 Å². The molecule has 6 nitrogen and oxygen atoms in total. The van der Waals surface area contributed by atoms with Crippen molar-refractivity contribution in [1.29, 1.82) is 0 Å². The molecule has 7 heteroatoms. The first-order chi connectivity index (χ1) is 13.7. The molecule has 0 spiro atoms. The van der Waals surface area contributed by atoms with Crippen LogP contribution in [0.25, 0.3) is 11.0 Å². The molecule has 2 aliphatic rings. The third-order valence-electron chi connectivity index (χ3n) is 6.10. The van der Waals surface area contributed by atoms with Crippen LogP contribution < -0.4 is 10.1 Å². The van der Waals surface area contributed by atoms with Crippen molar-refractivity contribution in [2.45, 2.75) is 70.5 Å². The first-order valence-electron chi connectivity index (χ1n) is 10.5. The van der Waals surface area contributed by atoms with E-state index in [1.807, 2.05) is 20.8 Å². The Morgan fingerprint density at radius 2 is 2.00 bits per heavy atom. The Kier molecular flexibility index (Phi) is 5.27. The Morgan fingerprint density at radius 1 is 1.31 bits per heavy atom. The molecule has 1 aromatic carbocycles. The van der Waals surface area contributed by atoms with E-state index in [1.165, 1.54) is 13.2 Å². The summed E-state index contributed by atoms with van der Waals surface area (Å²) in [5, 5.41) is 3.07. The van der Waals surface area contributed by atoms with Gasteiger partial charge in [-0.2, -0.15) is 0 Å². The van der Waals surface area contributed by atoms with Gasteiger partial charge in [0, 0.05) is 36.2 Å². The first kappa shape index (κ1) is 20.1. The number of carbonyl (C=O) groups excluding carboxylic acids is 1. The molecule has 2 saturated heterocycles. The van der Waals surface area contributed by atoms with Gasteiger partial charge in [0.25, 0.3) is 0 Å². The van der Waals surface area contributed by atoms with Gasteiger partial charge < -0.3 is 15.0 Å². The number of imidazole rings is 1. The van der Waals surface area contributed by atoms with Crippen LogP contribution in [0.3, 0.4) is 0 Å². The summed E-state index contributed by atoms with van der Waals surface area (Å²) in [5.41, 5.74) is 0.851. The molecule has 2 aromatic rings. The van der Waals surface area contributed by atoms with E-state index in [-0.39, 0.29) is 17.3 Å². The fourth-order valence-corrected chi connectivity index (χ4v) is 5.02. The number of amides is 1. The zero-order chi connectivity index (χ0) is 20.8. The Hall–Kier alpha value is -2.15. The molecule has 4 rings (SSSR count). The molecule has 2 bridgehead atoms. The summed E-state index contributed by atoms with van der Waals surface area (Å²) in [5.74, 6) is 1.57. The SMILES string of the molecule is COc1cc(F)c2nc(CC3CC4CCC(C3)N4CC(=O)NC(C)(C)C)[nH]c2c1. The summed E-state index contributed by atoms with van der Waals surface area (Å²) in [4.78, 5) is 22.5. The zero-order valence-corrected chi connectivity index (χ0v) is 17.7. The monoisotopic (exact) mass is 402 g/mol. The molecule has 2 unspecified atom stereocenters. The van der Waals surface area contributed by atoms with Crippen LogP contribution in [0.1, 0.15) is 52.3 Å². The van der Waals surface area contributed by atoms with Gasteiger partial charge in [-0.3, -0.25) is 9.69 Å². The van der Waals surface area contributed by atoms with Crippen LogP contribution in [0, 0.1) is 11.7 Å². The van der Waals surface area contributed by atoms with Crippen molar-refractivity contribution < 1.29 is 13.9 Å². The number of halogens is 1. The van der Waals surface area contributed by atoms with Crippen LogP contribution in [0.15, 0.2) is 12.1 Å². The van der Waals surface area contributed by atoms with Gasteiger partial charge in [-0.25, -0.2) is 9.37 Å². The van der Waals surface area contributed by atoms with E-state index in [9.17, 15) is 9.18 Å². The molecular weight excluding hydrogens is 371 g/mol. The molecule has 2 aliphatic heterocycles. The molecule has 29 heavy (non-hydrogen) atoms. The number of carbonyl (C=O) groups is 1. The summed E-state index contributed by atoms with van der Waals surface area (Å²) in [6, 6.07) is 4.06. The normalized spacial score (nSPS) is 24.8. The fourth-order valence-electron chi connectivity index (χ4n) is 5.02. The predicted octanol–water partition coefficient (Wildman–Crippen LogP) is 3.41. The largest absolute Gasteiger partial charge is 0.497 e. The van der Waals surface area contributed by atoms with Gasteiger partial charge in [0.05, 0.1) is 19.2 Å². The lowest BCUT2D eigenvalue weighted by Gasteiger charge is -2.38. The number of rotatable bonds is 5. The van der Waals surface area contributed by atoms with Gasteiger partial charge >= 0.3 is 0 Å². The summed E-state index contributed by atoms with van der Waals surface area (Å²) < 4.78 is 19.4. The number of nitrogens with zero attached hydrogens (tertiary/aromatic N) is 2. The van der Waals surface area contributed by atoms with Crippen molar-refractivity contribution in [2.24, 2.45) is 5.92 Å². The number of hydrogen-bond acceptors (Lipinski definition) is 4. The number of methoxy groups -OCH3 is 1. The average molecular weight is 403 g/mol. The maximum Gasteiger partial charge on any atom is 0.234 e. The lowest BCUT2D eigenvalue weighted by Crippen LogP contribution is -2.51. The van der Waals surface area contributed by atoms with Crippen LogP contribution in [0.5, 0.6) is 5.75 Å². The molecule has 2 fully saturated rings. The van der Waals surface area contributed by atoms with Crippen molar-refractivity contribution in [2.75, 3.05) is 13.7 Å². The van der Waals surface area contributed by atoms with E-state index in [1.54, 1.807) is 6.07 Å². The molecule has 2 N–H and O–H groups in total. The maximum atomic E-state index is 14.2. The van der Waals surface area contributed by atoms with E-state index in [0.717, 1.165) is 37.9 Å². The van der Waals surface area contributed by atoms with Crippen LogP contribution in [-0.2, 0) is 11.2 Å². The molecule has 3 heterocycles. The van der Waals surface area contributed by atoms with Crippen LogP contribution in [0.4, 0.5) is 4.39 Å². The summed E-state index contributed by atoms with van der Waals surface area (Å²) in [6.45, 7) is 6.52. The Morgan fingerprint density at radius 3 is 2.62 bits per heavy atom. The fraction of sp³-hybridized carbons (Fsp3) is 0.636. The van der Waals surface area contributed by atoms with E-state index in [4.69, 9.17) is 4.74 Å².